The summed E-state index contributed by atoms with van der Waals surface area (Å²) in [6.07, 6.45) is 8.79. The van der Waals surface area contributed by atoms with Gasteiger partial charge in [0.1, 0.15) is 0 Å². The molecule has 1 saturated carbocycles. The molecule has 2 fully saturated rings. The second kappa shape index (κ2) is 11.0. The third-order valence-electron chi connectivity index (χ3n) is 8.01. The van der Waals surface area contributed by atoms with Crippen LogP contribution in [-0.2, 0) is 11.3 Å². The van der Waals surface area contributed by atoms with Crippen molar-refractivity contribution in [1.29, 1.82) is 5.26 Å². The summed E-state index contributed by atoms with van der Waals surface area (Å²) in [5.41, 5.74) is 4.65. The Morgan fingerprint density at radius 3 is 2.56 bits per heavy atom. The van der Waals surface area contributed by atoms with E-state index in [2.05, 4.69) is 64.3 Å². The maximum Gasteiger partial charge on any atom is 0.262 e. The van der Waals surface area contributed by atoms with Crippen molar-refractivity contribution in [1.82, 2.24) is 9.47 Å². The molecule has 6 rings (SSSR count). The number of amides is 1. The second-order valence-corrected chi connectivity index (χ2v) is 11.7. The van der Waals surface area contributed by atoms with Gasteiger partial charge in [0.2, 0.25) is 0 Å². The second-order valence-electron chi connectivity index (χ2n) is 10.5. The smallest absolute Gasteiger partial charge is 0.262 e. The van der Waals surface area contributed by atoms with Gasteiger partial charge < -0.3 is 14.8 Å². The van der Waals surface area contributed by atoms with Crippen molar-refractivity contribution in [3.8, 4) is 6.07 Å². The summed E-state index contributed by atoms with van der Waals surface area (Å²) in [5, 5.41) is 14.3. The van der Waals surface area contributed by atoms with Gasteiger partial charge in [0.15, 0.2) is 5.50 Å². The molecular weight excluding hydrogens is 500 g/mol. The minimum Gasteiger partial charge on any atom is -0.356 e. The van der Waals surface area contributed by atoms with Gasteiger partial charge >= 0.3 is 0 Å². The molecule has 1 N–H and O–H groups in total. The topological polar surface area (TPSA) is 61.1 Å². The van der Waals surface area contributed by atoms with E-state index in [1.165, 1.54) is 6.42 Å². The number of hydrogen-bond acceptors (Lipinski definition) is 4. The number of para-hydroxylation sites is 2. The molecule has 1 amide bonds. The van der Waals surface area contributed by atoms with Crippen LogP contribution in [0.4, 0.5) is 5.69 Å². The van der Waals surface area contributed by atoms with Crippen LogP contribution in [0.3, 0.4) is 0 Å². The van der Waals surface area contributed by atoms with E-state index in [1.807, 2.05) is 54.6 Å². The van der Waals surface area contributed by atoms with Crippen LogP contribution in [-0.4, -0.2) is 26.9 Å². The molecule has 196 valence electrons. The van der Waals surface area contributed by atoms with Gasteiger partial charge in [-0.2, -0.15) is 5.26 Å². The first-order chi connectivity index (χ1) is 19.1. The van der Waals surface area contributed by atoms with E-state index >= 15 is 0 Å². The summed E-state index contributed by atoms with van der Waals surface area (Å²) in [5.74, 6) is 0.587. The maximum absolute atomic E-state index is 14.0. The highest BCUT2D eigenvalue weighted by atomic mass is 32.2. The van der Waals surface area contributed by atoms with Crippen LogP contribution in [0, 0.1) is 17.2 Å². The molecule has 0 radical (unpaired) electrons. The fourth-order valence-corrected chi connectivity index (χ4v) is 7.18. The van der Waals surface area contributed by atoms with E-state index in [0.717, 1.165) is 51.9 Å². The Kier molecular flexibility index (Phi) is 7.17. The fourth-order valence-electron chi connectivity index (χ4n) is 5.98. The molecule has 1 aliphatic carbocycles. The summed E-state index contributed by atoms with van der Waals surface area (Å²) in [4.78, 5) is 16.9. The summed E-state index contributed by atoms with van der Waals surface area (Å²) >= 11 is 1.61. The number of rotatable bonds is 6. The van der Waals surface area contributed by atoms with E-state index in [1.54, 1.807) is 11.8 Å². The number of nitrogens with zero attached hydrogens (tertiary/aromatic N) is 3. The molecule has 6 heteroatoms. The Labute approximate surface area is 234 Å². The monoisotopic (exact) mass is 532 g/mol. The first-order valence-electron chi connectivity index (χ1n) is 13.7. The molecule has 3 aromatic carbocycles. The Hall–Kier alpha value is -3.95. The average molecular weight is 533 g/mol. The van der Waals surface area contributed by atoms with Crippen LogP contribution in [0.2, 0.25) is 0 Å². The van der Waals surface area contributed by atoms with E-state index in [9.17, 15) is 10.1 Å². The van der Waals surface area contributed by atoms with E-state index in [-0.39, 0.29) is 17.4 Å². The highest BCUT2D eigenvalue weighted by Gasteiger charge is 2.43. The number of fused-ring (bicyclic) bond motifs is 1. The van der Waals surface area contributed by atoms with Crippen molar-refractivity contribution in [2.24, 2.45) is 5.92 Å². The third-order valence-corrected chi connectivity index (χ3v) is 9.12. The Morgan fingerprint density at radius 2 is 1.74 bits per heavy atom. The van der Waals surface area contributed by atoms with Crippen LogP contribution in [0.1, 0.15) is 49.3 Å². The van der Waals surface area contributed by atoms with Gasteiger partial charge in [-0.05, 0) is 54.7 Å². The summed E-state index contributed by atoms with van der Waals surface area (Å²) in [7, 11) is 0. The summed E-state index contributed by atoms with van der Waals surface area (Å²) in [6, 6.07) is 28.7. The number of carbonyl (C=O) groups excluding carboxylic acids is 1. The minimum atomic E-state index is -0.146. The molecule has 4 aromatic rings. The minimum absolute atomic E-state index is 0.110. The lowest BCUT2D eigenvalue weighted by atomic mass is 9.85. The van der Waals surface area contributed by atoms with Gasteiger partial charge in [-0.3, -0.25) is 4.79 Å². The highest BCUT2D eigenvalue weighted by molar-refractivity contribution is 8.05. The number of anilines is 1. The molecule has 3 atom stereocenters. The van der Waals surface area contributed by atoms with Gasteiger partial charge in [-0.1, -0.05) is 86.1 Å². The van der Waals surface area contributed by atoms with Crippen molar-refractivity contribution in [3.05, 3.63) is 107 Å². The molecule has 0 spiro atoms. The van der Waals surface area contributed by atoms with E-state index < -0.39 is 0 Å². The molecule has 1 aliphatic heterocycles. The van der Waals surface area contributed by atoms with Crippen LogP contribution in [0.15, 0.2) is 90.0 Å². The van der Waals surface area contributed by atoms with Gasteiger partial charge in [0.05, 0.1) is 16.5 Å². The zero-order valence-corrected chi connectivity index (χ0v) is 22.9. The Bertz CT molecular complexity index is 1570. The first kappa shape index (κ1) is 25.3. The molecule has 1 unspecified atom stereocenters. The van der Waals surface area contributed by atoms with Crippen LogP contribution in [0.5, 0.6) is 0 Å². The number of nitriles is 1. The standard InChI is InChI=1S/C33H32N4OS/c1-23-11-5-9-17-29(23)37-32(38)31(39-33(37)35-27-14-3-2-4-15-27)19-26-22-36(30-18-10-8-16-28(26)30)21-25-13-7-6-12-24(25)20-34/h2-4,6-8,10,12-16,18-19,22-23,29,33,35H,5,9,11,17,21H2,1H3/b31-19-/t23-,29+,33?/m0/s1. The molecule has 5 nitrogen and oxygen atoms in total. The van der Waals surface area contributed by atoms with Crippen molar-refractivity contribution in [3.63, 3.8) is 0 Å². The van der Waals surface area contributed by atoms with E-state index in [4.69, 9.17) is 0 Å². The number of nitrogens with one attached hydrogen (secondary N) is 1. The number of hydrogen-bond donors (Lipinski definition) is 1. The first-order valence-corrected chi connectivity index (χ1v) is 14.6. The largest absolute Gasteiger partial charge is 0.356 e. The van der Waals surface area contributed by atoms with E-state index in [0.29, 0.717) is 18.0 Å². The normalized spacial score (nSPS) is 22.4. The van der Waals surface area contributed by atoms with Crippen molar-refractivity contribution < 1.29 is 4.79 Å². The number of thioether (sulfide) groups is 1. The molecule has 39 heavy (non-hydrogen) atoms. The predicted molar refractivity (Wildman–Crippen MR) is 160 cm³/mol. The van der Waals surface area contributed by atoms with Crippen LogP contribution in [0.25, 0.3) is 17.0 Å². The average Bonchev–Trinajstić information content (AvgIpc) is 3.46. The maximum atomic E-state index is 14.0. The quantitative estimate of drug-likeness (QED) is 0.262. The molecule has 2 aliphatic rings. The lowest BCUT2D eigenvalue weighted by Crippen LogP contribution is -2.48. The SMILES string of the molecule is C[C@H]1CCCC[C@H]1N1C(=O)/C(=C/c2cn(Cc3ccccc3C#N)c3ccccc23)SC1Nc1ccccc1. The highest BCUT2D eigenvalue weighted by Crippen LogP contribution is 2.42. The van der Waals surface area contributed by atoms with Gasteiger partial charge in [-0.15, -0.1) is 0 Å². The van der Waals surface area contributed by atoms with Crippen molar-refractivity contribution >= 4 is 40.3 Å². The lowest BCUT2D eigenvalue weighted by Gasteiger charge is -2.39. The van der Waals surface area contributed by atoms with Gasteiger partial charge in [0, 0.05) is 40.9 Å². The molecular formula is C33H32N4OS. The Morgan fingerprint density at radius 1 is 1.00 bits per heavy atom. The van der Waals surface area contributed by atoms with Crippen LogP contribution < -0.4 is 5.32 Å². The number of aromatic nitrogens is 1. The Balaban J connectivity index is 1.37. The third kappa shape index (κ3) is 5.07. The van der Waals surface area contributed by atoms with Crippen molar-refractivity contribution in [2.75, 3.05) is 5.32 Å². The lowest BCUT2D eigenvalue weighted by molar-refractivity contribution is -0.129. The van der Waals surface area contributed by atoms with Gasteiger partial charge in [0.25, 0.3) is 5.91 Å². The summed E-state index contributed by atoms with van der Waals surface area (Å²) in [6.45, 7) is 2.88. The molecule has 0 bridgehead atoms. The number of benzene rings is 3. The molecule has 1 aromatic heterocycles. The zero-order chi connectivity index (χ0) is 26.8. The zero-order valence-electron chi connectivity index (χ0n) is 22.1. The predicted octanol–water partition coefficient (Wildman–Crippen LogP) is 7.45. The fraction of sp³-hybridized carbons (Fsp3) is 0.273. The molecule has 2 heterocycles. The number of carbonyl (C=O) groups is 1. The van der Waals surface area contributed by atoms with Gasteiger partial charge in [-0.25, -0.2) is 0 Å². The summed E-state index contributed by atoms with van der Waals surface area (Å²) < 4.78 is 2.18. The molecule has 1 saturated heterocycles. The van der Waals surface area contributed by atoms with Crippen molar-refractivity contribution in [2.45, 2.75) is 50.7 Å². The van der Waals surface area contributed by atoms with Crippen LogP contribution >= 0.6 is 11.8 Å².